The van der Waals surface area contributed by atoms with Gasteiger partial charge in [-0.2, -0.15) is 5.10 Å². The monoisotopic (exact) mass is 198 g/mol. The summed E-state index contributed by atoms with van der Waals surface area (Å²) in [4.78, 5) is 22.1. The molecule has 7 heteroatoms. The highest BCUT2D eigenvalue weighted by Crippen LogP contribution is 2.03. The van der Waals surface area contributed by atoms with Crippen molar-refractivity contribution in [3.05, 3.63) is 27.0 Å². The number of aromatic amines is 1. The minimum atomic E-state index is -0.776. The number of aromatic nitrogens is 3. The Morgan fingerprint density at radius 1 is 1.50 bits per heavy atom. The molecule has 1 N–H and O–H groups in total. The van der Waals surface area contributed by atoms with Gasteiger partial charge < -0.3 is 9.47 Å². The normalized spacial score (nSPS) is 17.4. The number of nitrogens with zero attached hydrogens (tertiary/aromatic N) is 2. The number of hydrogen-bond acceptors (Lipinski definition) is 5. The third-order valence-corrected chi connectivity index (χ3v) is 1.79. The SMILES string of the molecule is O=c1[nH]n[c]n(CC2OCCO2)c1=O. The van der Waals surface area contributed by atoms with E-state index in [1.807, 2.05) is 5.10 Å². The van der Waals surface area contributed by atoms with E-state index >= 15 is 0 Å². The fraction of sp³-hybridized carbons (Fsp3) is 0.571. The van der Waals surface area contributed by atoms with Crippen LogP contribution in [0, 0.1) is 6.33 Å². The summed E-state index contributed by atoms with van der Waals surface area (Å²) in [5, 5.41) is 5.37. The largest absolute Gasteiger partial charge is 0.348 e. The third kappa shape index (κ3) is 1.73. The first-order valence-corrected chi connectivity index (χ1v) is 4.08. The average molecular weight is 198 g/mol. The van der Waals surface area contributed by atoms with Gasteiger partial charge in [-0.15, -0.1) is 0 Å². The minimum Gasteiger partial charge on any atom is -0.348 e. The molecule has 0 spiro atoms. The summed E-state index contributed by atoms with van der Waals surface area (Å²) in [5.41, 5.74) is -1.49. The molecular formula is C7H8N3O4. The molecule has 0 bridgehead atoms. The smallest absolute Gasteiger partial charge is 0.330 e. The molecule has 0 aromatic carbocycles. The molecule has 75 valence electrons. The second kappa shape index (κ2) is 3.72. The van der Waals surface area contributed by atoms with Crippen LogP contribution in [0.2, 0.25) is 0 Å². The average Bonchev–Trinajstić information content (AvgIpc) is 2.66. The second-order valence-corrected chi connectivity index (χ2v) is 2.74. The van der Waals surface area contributed by atoms with Crippen LogP contribution in [0.4, 0.5) is 0 Å². The highest BCUT2D eigenvalue weighted by Gasteiger charge is 2.17. The number of H-pyrrole nitrogens is 1. The van der Waals surface area contributed by atoms with Crippen LogP contribution < -0.4 is 11.1 Å². The van der Waals surface area contributed by atoms with Crippen molar-refractivity contribution in [2.45, 2.75) is 12.8 Å². The van der Waals surface area contributed by atoms with E-state index in [2.05, 4.69) is 11.4 Å². The molecule has 1 aromatic heterocycles. The van der Waals surface area contributed by atoms with Crippen molar-refractivity contribution < 1.29 is 9.47 Å². The van der Waals surface area contributed by atoms with Gasteiger partial charge in [0.1, 0.15) is 0 Å². The predicted octanol–water partition coefficient (Wildman–Crippen LogP) is -1.90. The minimum absolute atomic E-state index is 0.135. The van der Waals surface area contributed by atoms with Crippen LogP contribution in [0.25, 0.3) is 0 Å². The maximum absolute atomic E-state index is 11.2. The zero-order valence-corrected chi connectivity index (χ0v) is 7.23. The van der Waals surface area contributed by atoms with E-state index in [0.29, 0.717) is 13.2 Å². The van der Waals surface area contributed by atoms with Crippen LogP contribution in [0.1, 0.15) is 0 Å². The molecule has 0 unspecified atom stereocenters. The van der Waals surface area contributed by atoms with Crippen molar-refractivity contribution >= 4 is 0 Å². The van der Waals surface area contributed by atoms with E-state index in [1.165, 1.54) is 0 Å². The van der Waals surface area contributed by atoms with E-state index in [9.17, 15) is 9.59 Å². The lowest BCUT2D eigenvalue weighted by Crippen LogP contribution is -2.39. The predicted molar refractivity (Wildman–Crippen MR) is 43.6 cm³/mol. The molecule has 14 heavy (non-hydrogen) atoms. The summed E-state index contributed by atoms with van der Waals surface area (Å²) in [6.07, 6.45) is 1.85. The van der Waals surface area contributed by atoms with Gasteiger partial charge in [-0.05, 0) is 0 Å². The van der Waals surface area contributed by atoms with Crippen LogP contribution in [-0.2, 0) is 16.0 Å². The van der Waals surface area contributed by atoms with Gasteiger partial charge in [0.2, 0.25) is 6.33 Å². The summed E-state index contributed by atoms with van der Waals surface area (Å²) in [7, 11) is 0. The molecule has 0 aliphatic carbocycles. The van der Waals surface area contributed by atoms with Gasteiger partial charge in [-0.3, -0.25) is 14.2 Å². The fourth-order valence-corrected chi connectivity index (χ4v) is 1.14. The summed E-state index contributed by atoms with van der Waals surface area (Å²) >= 11 is 0. The molecule has 0 atom stereocenters. The Hall–Kier alpha value is -1.47. The third-order valence-electron chi connectivity index (χ3n) is 1.79. The fourth-order valence-electron chi connectivity index (χ4n) is 1.14. The Kier molecular flexibility index (Phi) is 2.42. The first kappa shape index (κ1) is 9.10. The molecule has 1 aliphatic rings. The number of nitrogens with one attached hydrogen (secondary N) is 1. The van der Waals surface area contributed by atoms with Gasteiger partial charge in [-0.1, -0.05) is 0 Å². The summed E-state index contributed by atoms with van der Waals surface area (Å²) < 4.78 is 11.3. The van der Waals surface area contributed by atoms with E-state index in [1.54, 1.807) is 0 Å². The first-order chi connectivity index (χ1) is 6.77. The van der Waals surface area contributed by atoms with Crippen LogP contribution >= 0.6 is 0 Å². The Morgan fingerprint density at radius 3 is 2.93 bits per heavy atom. The van der Waals surface area contributed by atoms with Crippen LogP contribution in [0.3, 0.4) is 0 Å². The van der Waals surface area contributed by atoms with Gasteiger partial charge in [0.25, 0.3) is 0 Å². The molecule has 2 heterocycles. The molecule has 7 nitrogen and oxygen atoms in total. The van der Waals surface area contributed by atoms with Gasteiger partial charge in [0.05, 0.1) is 19.8 Å². The van der Waals surface area contributed by atoms with Crippen LogP contribution in [0.15, 0.2) is 9.59 Å². The quantitative estimate of drug-likeness (QED) is 0.561. The van der Waals surface area contributed by atoms with E-state index in [4.69, 9.17) is 9.47 Å². The lowest BCUT2D eigenvalue weighted by atomic mass is 10.6. The summed E-state index contributed by atoms with van der Waals surface area (Å²) in [5.74, 6) is 0. The van der Waals surface area contributed by atoms with Gasteiger partial charge in [-0.25, -0.2) is 5.10 Å². The van der Waals surface area contributed by atoms with Crippen LogP contribution in [0.5, 0.6) is 0 Å². The number of hydrogen-bond donors (Lipinski definition) is 1. The van der Waals surface area contributed by atoms with Crippen molar-refractivity contribution in [3.8, 4) is 0 Å². The van der Waals surface area contributed by atoms with Gasteiger partial charge in [0.15, 0.2) is 6.29 Å². The number of ether oxygens (including phenoxy) is 2. The Balaban J connectivity index is 2.20. The second-order valence-electron chi connectivity index (χ2n) is 2.74. The Labute approximate surface area is 78.3 Å². The maximum atomic E-state index is 11.2. The molecule has 1 saturated heterocycles. The molecule has 1 radical (unpaired) electrons. The van der Waals surface area contributed by atoms with E-state index in [-0.39, 0.29) is 6.54 Å². The summed E-state index contributed by atoms with van der Waals surface area (Å²) in [6.45, 7) is 1.13. The lowest BCUT2D eigenvalue weighted by molar-refractivity contribution is -0.0535. The van der Waals surface area contributed by atoms with Gasteiger partial charge in [0, 0.05) is 0 Å². The molecule has 2 rings (SSSR count). The molecule has 0 saturated carbocycles. The van der Waals surface area contributed by atoms with E-state index in [0.717, 1.165) is 4.57 Å². The van der Waals surface area contributed by atoms with E-state index < -0.39 is 17.4 Å². The molecule has 0 amide bonds. The maximum Gasteiger partial charge on any atom is 0.330 e. The molecule has 1 fully saturated rings. The first-order valence-electron chi connectivity index (χ1n) is 4.08. The van der Waals surface area contributed by atoms with Crippen molar-refractivity contribution in [3.63, 3.8) is 0 Å². The Morgan fingerprint density at radius 2 is 2.21 bits per heavy atom. The van der Waals surface area contributed by atoms with Crippen LogP contribution in [-0.4, -0.2) is 34.3 Å². The topological polar surface area (TPSA) is 86.2 Å². The van der Waals surface area contributed by atoms with Gasteiger partial charge >= 0.3 is 11.1 Å². The highest BCUT2D eigenvalue weighted by atomic mass is 16.7. The van der Waals surface area contributed by atoms with Crippen molar-refractivity contribution in [1.29, 1.82) is 0 Å². The van der Waals surface area contributed by atoms with Crippen molar-refractivity contribution in [2.75, 3.05) is 13.2 Å². The van der Waals surface area contributed by atoms with Crippen molar-refractivity contribution in [2.24, 2.45) is 0 Å². The molecular weight excluding hydrogens is 190 g/mol. The molecule has 1 aromatic rings. The zero-order valence-electron chi connectivity index (χ0n) is 7.23. The highest BCUT2D eigenvalue weighted by molar-refractivity contribution is 4.74. The summed E-state index contributed by atoms with van der Waals surface area (Å²) in [6, 6.07) is 0. The Bertz CT molecular complexity index is 417. The van der Waals surface area contributed by atoms with Crippen molar-refractivity contribution in [1.82, 2.24) is 14.8 Å². The standard InChI is InChI=1S/C7H8N3O4/c11-6-7(12)10(4-8-9-6)3-5-13-1-2-14-5/h5H,1-3H2,(H,9,11). The molecule has 1 aliphatic heterocycles. The lowest BCUT2D eigenvalue weighted by Gasteiger charge is -2.08. The zero-order chi connectivity index (χ0) is 9.97. The number of rotatable bonds is 2.